The summed E-state index contributed by atoms with van der Waals surface area (Å²) in [6, 6.07) is 0. The number of nitrogens with one attached hydrogen (secondary N) is 2. The van der Waals surface area contributed by atoms with Gasteiger partial charge in [-0.1, -0.05) is 5.16 Å². The largest absolute Gasteiger partial charge is 0.352 e. The van der Waals surface area contributed by atoms with Crippen molar-refractivity contribution in [2.24, 2.45) is 4.99 Å². The lowest BCUT2D eigenvalue weighted by atomic mass is 10.1. The lowest BCUT2D eigenvalue weighted by molar-refractivity contribution is 0.370. The van der Waals surface area contributed by atoms with Gasteiger partial charge in [-0.05, 0) is 27.7 Å². The zero-order valence-electron chi connectivity index (χ0n) is 10.9. The molecule has 0 aliphatic rings. The number of nitrogens with zero attached hydrogens (tertiary/aromatic N) is 3. The van der Waals surface area contributed by atoms with Crippen LogP contribution in [0.3, 0.4) is 0 Å². The Morgan fingerprint density at radius 1 is 1.41 bits per heavy atom. The third kappa shape index (κ3) is 6.44. The summed E-state index contributed by atoms with van der Waals surface area (Å²) in [5, 5.41) is 10.0. The SMILES string of the molecule is CN=C(NCc1nc(C)no1)NC(C)(C)C.I. The van der Waals surface area contributed by atoms with Crippen LogP contribution in [0.1, 0.15) is 32.5 Å². The van der Waals surface area contributed by atoms with Gasteiger partial charge in [-0.2, -0.15) is 4.98 Å². The summed E-state index contributed by atoms with van der Waals surface area (Å²) in [6.45, 7) is 8.45. The van der Waals surface area contributed by atoms with Crippen LogP contribution in [-0.4, -0.2) is 28.7 Å². The highest BCUT2D eigenvalue weighted by molar-refractivity contribution is 14.0. The zero-order chi connectivity index (χ0) is 12.2. The standard InChI is InChI=1S/C10H19N5O.HI/c1-7-13-8(16-15-7)6-12-9(11-5)14-10(2,3)4;/h6H2,1-5H3,(H2,11,12,14);1H. The first-order chi connectivity index (χ1) is 7.40. The van der Waals surface area contributed by atoms with E-state index in [1.807, 2.05) is 0 Å². The summed E-state index contributed by atoms with van der Waals surface area (Å²) >= 11 is 0. The second-order valence-corrected chi connectivity index (χ2v) is 4.54. The van der Waals surface area contributed by atoms with E-state index in [2.05, 4.69) is 46.5 Å². The van der Waals surface area contributed by atoms with E-state index in [0.29, 0.717) is 24.2 Å². The van der Waals surface area contributed by atoms with Crippen LogP contribution in [-0.2, 0) is 6.54 Å². The number of aromatic nitrogens is 2. The summed E-state index contributed by atoms with van der Waals surface area (Å²) in [4.78, 5) is 8.19. The summed E-state index contributed by atoms with van der Waals surface area (Å²) in [6.07, 6.45) is 0. The Kier molecular flexibility index (Phi) is 6.43. The molecule has 0 unspecified atom stereocenters. The van der Waals surface area contributed by atoms with Crippen molar-refractivity contribution in [1.82, 2.24) is 20.8 Å². The summed E-state index contributed by atoms with van der Waals surface area (Å²) in [5.41, 5.74) is -0.0351. The van der Waals surface area contributed by atoms with Gasteiger partial charge in [0.2, 0.25) is 5.89 Å². The molecule has 0 bridgehead atoms. The quantitative estimate of drug-likeness (QED) is 0.478. The van der Waals surface area contributed by atoms with E-state index >= 15 is 0 Å². The molecule has 1 rings (SSSR count). The summed E-state index contributed by atoms with van der Waals surface area (Å²) in [7, 11) is 1.72. The maximum absolute atomic E-state index is 4.98. The highest BCUT2D eigenvalue weighted by Gasteiger charge is 2.12. The van der Waals surface area contributed by atoms with E-state index in [9.17, 15) is 0 Å². The maximum atomic E-state index is 4.98. The van der Waals surface area contributed by atoms with Crippen molar-refractivity contribution in [3.8, 4) is 0 Å². The van der Waals surface area contributed by atoms with Gasteiger partial charge < -0.3 is 15.2 Å². The lowest BCUT2D eigenvalue weighted by Gasteiger charge is -2.23. The van der Waals surface area contributed by atoms with E-state index in [1.165, 1.54) is 0 Å². The van der Waals surface area contributed by atoms with Crippen LogP contribution in [0.5, 0.6) is 0 Å². The molecule has 2 N–H and O–H groups in total. The highest BCUT2D eigenvalue weighted by atomic mass is 127. The van der Waals surface area contributed by atoms with Gasteiger partial charge in [0.15, 0.2) is 11.8 Å². The number of hydrogen-bond donors (Lipinski definition) is 2. The molecule has 7 heteroatoms. The average molecular weight is 353 g/mol. The molecule has 0 spiro atoms. The second kappa shape index (κ2) is 6.77. The fraction of sp³-hybridized carbons (Fsp3) is 0.700. The molecular formula is C10H20IN5O. The van der Waals surface area contributed by atoms with Crippen molar-refractivity contribution in [2.45, 2.75) is 39.8 Å². The van der Waals surface area contributed by atoms with Gasteiger partial charge in [0.1, 0.15) is 0 Å². The predicted molar refractivity (Wildman–Crippen MR) is 77.5 cm³/mol. The molecular weight excluding hydrogens is 333 g/mol. The molecule has 6 nitrogen and oxygen atoms in total. The van der Waals surface area contributed by atoms with Crippen LogP contribution in [0.4, 0.5) is 0 Å². The Bertz CT molecular complexity index is 369. The van der Waals surface area contributed by atoms with E-state index in [0.717, 1.165) is 0 Å². The Morgan fingerprint density at radius 2 is 2.06 bits per heavy atom. The predicted octanol–water partition coefficient (Wildman–Crippen LogP) is 1.46. The minimum absolute atomic E-state index is 0. The van der Waals surface area contributed by atoms with E-state index in [-0.39, 0.29) is 29.5 Å². The van der Waals surface area contributed by atoms with Crippen molar-refractivity contribution >= 4 is 29.9 Å². The normalized spacial score (nSPS) is 11.9. The molecule has 0 radical (unpaired) electrons. The smallest absolute Gasteiger partial charge is 0.246 e. The number of aryl methyl sites for hydroxylation is 1. The molecule has 1 aromatic heterocycles. The molecule has 0 aliphatic carbocycles. The number of halogens is 1. The molecule has 0 saturated carbocycles. The van der Waals surface area contributed by atoms with Crippen molar-refractivity contribution < 1.29 is 4.52 Å². The van der Waals surface area contributed by atoms with Crippen LogP contribution in [0.15, 0.2) is 9.52 Å². The Balaban J connectivity index is 0.00000256. The molecule has 0 fully saturated rings. The zero-order valence-corrected chi connectivity index (χ0v) is 13.2. The van der Waals surface area contributed by atoms with Gasteiger partial charge in [0, 0.05) is 12.6 Å². The lowest BCUT2D eigenvalue weighted by Crippen LogP contribution is -2.47. The van der Waals surface area contributed by atoms with Gasteiger partial charge in [-0.15, -0.1) is 24.0 Å². The molecule has 0 atom stereocenters. The fourth-order valence-electron chi connectivity index (χ4n) is 1.11. The Labute approximate surface area is 119 Å². The van der Waals surface area contributed by atoms with Crippen LogP contribution in [0.25, 0.3) is 0 Å². The molecule has 98 valence electrons. The average Bonchev–Trinajstić information content (AvgIpc) is 2.57. The van der Waals surface area contributed by atoms with E-state index in [1.54, 1.807) is 14.0 Å². The van der Waals surface area contributed by atoms with Gasteiger partial charge >= 0.3 is 0 Å². The first-order valence-electron chi connectivity index (χ1n) is 5.19. The Morgan fingerprint density at radius 3 is 2.47 bits per heavy atom. The fourth-order valence-corrected chi connectivity index (χ4v) is 1.11. The monoisotopic (exact) mass is 353 g/mol. The maximum Gasteiger partial charge on any atom is 0.246 e. The molecule has 17 heavy (non-hydrogen) atoms. The van der Waals surface area contributed by atoms with Crippen molar-refractivity contribution in [1.29, 1.82) is 0 Å². The second-order valence-electron chi connectivity index (χ2n) is 4.54. The van der Waals surface area contributed by atoms with E-state index < -0.39 is 0 Å². The molecule has 0 amide bonds. The number of rotatable bonds is 2. The van der Waals surface area contributed by atoms with Crippen molar-refractivity contribution in [3.05, 3.63) is 11.7 Å². The van der Waals surface area contributed by atoms with E-state index in [4.69, 9.17) is 4.52 Å². The number of guanidine groups is 1. The minimum atomic E-state index is -0.0351. The molecule has 1 heterocycles. The molecule has 0 aliphatic heterocycles. The highest BCUT2D eigenvalue weighted by Crippen LogP contribution is 1.99. The van der Waals surface area contributed by atoms with Gasteiger partial charge in [0.05, 0.1) is 6.54 Å². The van der Waals surface area contributed by atoms with Crippen LogP contribution in [0, 0.1) is 6.92 Å². The van der Waals surface area contributed by atoms with Crippen LogP contribution < -0.4 is 10.6 Å². The van der Waals surface area contributed by atoms with Gasteiger partial charge in [0.25, 0.3) is 0 Å². The van der Waals surface area contributed by atoms with Gasteiger partial charge in [-0.3, -0.25) is 4.99 Å². The number of hydrogen-bond acceptors (Lipinski definition) is 4. The van der Waals surface area contributed by atoms with Crippen LogP contribution >= 0.6 is 24.0 Å². The van der Waals surface area contributed by atoms with Crippen molar-refractivity contribution in [2.75, 3.05) is 7.05 Å². The first kappa shape index (κ1) is 16.1. The molecule has 0 aromatic carbocycles. The first-order valence-corrected chi connectivity index (χ1v) is 5.19. The van der Waals surface area contributed by atoms with Gasteiger partial charge in [-0.25, -0.2) is 0 Å². The minimum Gasteiger partial charge on any atom is -0.352 e. The summed E-state index contributed by atoms with van der Waals surface area (Å²) < 4.78 is 4.98. The number of aliphatic imine (C=N–C) groups is 1. The third-order valence-electron chi connectivity index (χ3n) is 1.69. The topological polar surface area (TPSA) is 75.3 Å². The molecule has 0 saturated heterocycles. The summed E-state index contributed by atoms with van der Waals surface area (Å²) in [5.74, 6) is 1.90. The third-order valence-corrected chi connectivity index (χ3v) is 1.69. The van der Waals surface area contributed by atoms with Crippen LogP contribution in [0.2, 0.25) is 0 Å². The van der Waals surface area contributed by atoms with Crippen molar-refractivity contribution in [3.63, 3.8) is 0 Å². The molecule has 1 aromatic rings. The Hall–Kier alpha value is -0.860.